The number of hydrogen-bond acceptors (Lipinski definition) is 7. The van der Waals surface area contributed by atoms with E-state index in [2.05, 4.69) is 0 Å². The van der Waals surface area contributed by atoms with Gasteiger partial charge in [0.25, 0.3) is 0 Å². The van der Waals surface area contributed by atoms with Crippen molar-refractivity contribution in [2.24, 2.45) is 47.3 Å². The van der Waals surface area contributed by atoms with Gasteiger partial charge in [0, 0.05) is 12.1 Å². The third-order valence-electron chi connectivity index (χ3n) is 11.8. The molecule has 4 amide bonds. The molecule has 228 valence electrons. The Balaban J connectivity index is 1.02. The van der Waals surface area contributed by atoms with E-state index in [1.54, 1.807) is 12.1 Å². The van der Waals surface area contributed by atoms with Crippen LogP contribution in [0.25, 0.3) is 0 Å². The van der Waals surface area contributed by atoms with E-state index in [-0.39, 0.29) is 77.9 Å². The van der Waals surface area contributed by atoms with Gasteiger partial charge in [-0.15, -0.1) is 0 Å². The summed E-state index contributed by atoms with van der Waals surface area (Å²) >= 11 is 0. The zero-order chi connectivity index (χ0) is 30.2. The van der Waals surface area contributed by atoms with Gasteiger partial charge in [-0.1, -0.05) is 12.1 Å². The number of benzene rings is 1. The molecule has 2 saturated heterocycles. The summed E-state index contributed by atoms with van der Waals surface area (Å²) in [7, 11) is 0. The van der Waals surface area contributed by atoms with Crippen molar-refractivity contribution in [1.82, 2.24) is 9.80 Å². The third-order valence-corrected chi connectivity index (χ3v) is 11.8. The fourth-order valence-electron chi connectivity index (χ4n) is 9.62. The molecule has 4 aliphatic carbocycles. The van der Waals surface area contributed by atoms with Gasteiger partial charge >= 0.3 is 5.97 Å². The van der Waals surface area contributed by atoms with Gasteiger partial charge in [0.2, 0.25) is 23.6 Å². The van der Waals surface area contributed by atoms with Gasteiger partial charge < -0.3 is 4.74 Å². The first-order valence-corrected chi connectivity index (χ1v) is 16.1. The van der Waals surface area contributed by atoms with Gasteiger partial charge in [0.1, 0.15) is 6.04 Å². The summed E-state index contributed by atoms with van der Waals surface area (Å²) in [5, 5.41) is 0. The lowest BCUT2D eigenvalue weighted by Crippen LogP contribution is -2.47. The number of ketones is 1. The number of amides is 4. The van der Waals surface area contributed by atoms with E-state index in [0.717, 1.165) is 54.6 Å². The predicted molar refractivity (Wildman–Crippen MR) is 153 cm³/mol. The molecule has 43 heavy (non-hydrogen) atoms. The first kappa shape index (κ1) is 28.4. The molecule has 0 spiro atoms. The van der Waals surface area contributed by atoms with Crippen LogP contribution in [0, 0.1) is 61.2 Å². The van der Waals surface area contributed by atoms with Crippen LogP contribution in [0.4, 0.5) is 0 Å². The molecule has 9 heteroatoms. The van der Waals surface area contributed by atoms with Crippen molar-refractivity contribution in [3.05, 3.63) is 34.9 Å². The smallest absolute Gasteiger partial charge is 0.329 e. The number of aryl methyl sites for hydroxylation is 2. The first-order valence-electron chi connectivity index (χ1n) is 16.1. The van der Waals surface area contributed by atoms with Crippen LogP contribution in [-0.2, 0) is 28.7 Å². The number of imide groups is 2. The molecule has 6 fully saturated rings. The second kappa shape index (κ2) is 10.7. The number of carbonyl (C=O) groups excluding carboxylic acids is 6. The Kier molecular flexibility index (Phi) is 7.05. The Morgan fingerprint density at radius 2 is 1.30 bits per heavy atom. The molecular weight excluding hydrogens is 548 g/mol. The molecule has 0 aromatic heterocycles. The summed E-state index contributed by atoms with van der Waals surface area (Å²) in [6, 6.07) is 4.17. The van der Waals surface area contributed by atoms with Crippen molar-refractivity contribution in [1.29, 1.82) is 0 Å². The van der Waals surface area contributed by atoms with Crippen LogP contribution in [0.1, 0.15) is 79.3 Å². The molecule has 4 saturated carbocycles. The Labute approximate surface area is 251 Å². The normalized spacial score (nSPS) is 34.4. The van der Waals surface area contributed by atoms with E-state index >= 15 is 0 Å². The number of Topliss-reactive ketones (excluding diaryl/α,β-unsaturated/α-hetero) is 1. The Morgan fingerprint density at radius 1 is 0.767 bits per heavy atom. The third kappa shape index (κ3) is 4.48. The number of nitrogens with zero attached hydrogens (tertiary/aromatic N) is 2. The molecule has 4 bridgehead atoms. The topological polar surface area (TPSA) is 118 Å². The standard InChI is InChI=1S/C34H40N2O7/c1-17-6-7-19(13-18(17)2)25(37)16-43-34(42)24(36-32(40)28-22-10-11-23(15-22)29(28)33(36)41)5-3-4-12-35-30(38)26-20-8-9-21(14-20)27(26)31(35)39/h6-7,13,20-24,26-29H,3-5,8-12,14-16H2,1-2H3/t20-,21-,22-,23-,24-,26-,27+,28-,29-/m0/s1. The highest BCUT2D eigenvalue weighted by Crippen LogP contribution is 2.57. The minimum Gasteiger partial charge on any atom is -0.456 e. The SMILES string of the molecule is Cc1ccc(C(=O)COC(=O)[C@H](CCCCN2C(=O)[C@@H]3[C@H]4CC[C@@H](C4)[C@@H]3C2=O)N2C(=O)[C@H]3[C@H]4CC[C@@H](C4)[C@@H]3C2=O)cc1C. The number of ether oxygens (including phenoxy) is 1. The highest BCUT2D eigenvalue weighted by molar-refractivity contribution is 6.09. The summed E-state index contributed by atoms with van der Waals surface area (Å²) < 4.78 is 5.48. The van der Waals surface area contributed by atoms with Gasteiger partial charge in [0.05, 0.1) is 23.7 Å². The lowest BCUT2D eigenvalue weighted by atomic mass is 9.81. The minimum atomic E-state index is -1.13. The number of fused-ring (bicyclic) bond motifs is 10. The summed E-state index contributed by atoms with van der Waals surface area (Å²) in [6.45, 7) is 3.65. The number of hydrogen-bond donors (Lipinski definition) is 0. The van der Waals surface area contributed by atoms with Crippen LogP contribution in [0.5, 0.6) is 0 Å². The van der Waals surface area contributed by atoms with E-state index in [9.17, 15) is 28.8 Å². The van der Waals surface area contributed by atoms with Crippen LogP contribution in [0.2, 0.25) is 0 Å². The first-order chi connectivity index (χ1) is 20.7. The highest BCUT2D eigenvalue weighted by Gasteiger charge is 2.63. The van der Waals surface area contributed by atoms with Crippen molar-refractivity contribution >= 4 is 35.4 Å². The lowest BCUT2D eigenvalue weighted by molar-refractivity contribution is -0.159. The largest absolute Gasteiger partial charge is 0.456 e. The summed E-state index contributed by atoms with van der Waals surface area (Å²) in [6.07, 6.45) is 6.83. The zero-order valence-corrected chi connectivity index (χ0v) is 25.0. The molecular formula is C34H40N2O7. The van der Waals surface area contributed by atoms with Crippen LogP contribution in [-0.4, -0.2) is 64.4 Å². The van der Waals surface area contributed by atoms with Crippen molar-refractivity contribution < 1.29 is 33.5 Å². The monoisotopic (exact) mass is 588 g/mol. The zero-order valence-electron chi connectivity index (χ0n) is 25.0. The maximum Gasteiger partial charge on any atom is 0.329 e. The van der Waals surface area contributed by atoms with E-state index in [1.807, 2.05) is 19.9 Å². The fraction of sp³-hybridized carbons (Fsp3) is 0.647. The maximum absolute atomic E-state index is 13.6. The van der Waals surface area contributed by atoms with Gasteiger partial charge in [-0.25, -0.2) is 4.79 Å². The quantitative estimate of drug-likeness (QED) is 0.177. The molecule has 0 radical (unpaired) electrons. The molecule has 2 aliphatic heterocycles. The Bertz CT molecular complexity index is 1360. The average molecular weight is 589 g/mol. The van der Waals surface area contributed by atoms with Gasteiger partial charge in [0.15, 0.2) is 12.4 Å². The van der Waals surface area contributed by atoms with Crippen molar-refractivity contribution in [2.45, 2.75) is 77.7 Å². The second-order valence-electron chi connectivity index (χ2n) is 14.0. The summed E-state index contributed by atoms with van der Waals surface area (Å²) in [5.74, 6) is -1.88. The second-order valence-corrected chi connectivity index (χ2v) is 14.0. The predicted octanol–water partition coefficient (Wildman–Crippen LogP) is 3.63. The van der Waals surface area contributed by atoms with Crippen LogP contribution in [0.3, 0.4) is 0 Å². The molecule has 9 atom stereocenters. The molecule has 7 rings (SSSR count). The minimum absolute atomic E-state index is 0.0591. The number of likely N-dealkylation sites (tertiary alicyclic amines) is 2. The Hall–Kier alpha value is -3.36. The number of carbonyl (C=O) groups is 6. The Morgan fingerprint density at radius 3 is 1.84 bits per heavy atom. The van der Waals surface area contributed by atoms with Crippen molar-refractivity contribution in [3.63, 3.8) is 0 Å². The molecule has 0 unspecified atom stereocenters. The van der Waals surface area contributed by atoms with Gasteiger partial charge in [-0.2, -0.15) is 0 Å². The lowest BCUT2D eigenvalue weighted by Gasteiger charge is -2.26. The van der Waals surface area contributed by atoms with E-state index < -0.39 is 18.6 Å². The number of unbranched alkanes of at least 4 members (excludes halogenated alkanes) is 1. The van der Waals surface area contributed by atoms with E-state index in [1.165, 1.54) is 4.90 Å². The molecule has 1 aromatic rings. The fourth-order valence-corrected chi connectivity index (χ4v) is 9.62. The number of esters is 1. The van der Waals surface area contributed by atoms with Gasteiger partial charge in [-0.3, -0.25) is 33.8 Å². The maximum atomic E-state index is 13.6. The van der Waals surface area contributed by atoms with Crippen molar-refractivity contribution in [2.75, 3.05) is 13.2 Å². The highest BCUT2D eigenvalue weighted by atomic mass is 16.5. The van der Waals surface area contributed by atoms with E-state index in [0.29, 0.717) is 30.2 Å². The molecule has 1 aromatic carbocycles. The van der Waals surface area contributed by atoms with Gasteiger partial charge in [-0.05, 0) is 112 Å². The van der Waals surface area contributed by atoms with Crippen LogP contribution >= 0.6 is 0 Å². The molecule has 0 N–H and O–H groups in total. The number of rotatable bonds is 10. The van der Waals surface area contributed by atoms with Crippen molar-refractivity contribution in [3.8, 4) is 0 Å². The molecule has 2 heterocycles. The average Bonchev–Trinajstić information content (AvgIpc) is 3.84. The summed E-state index contributed by atoms with van der Waals surface area (Å²) in [4.78, 5) is 82.3. The molecule has 9 nitrogen and oxygen atoms in total. The van der Waals surface area contributed by atoms with Crippen LogP contribution in [0.15, 0.2) is 18.2 Å². The van der Waals surface area contributed by atoms with Crippen LogP contribution < -0.4 is 0 Å². The molecule has 6 aliphatic rings. The van der Waals surface area contributed by atoms with E-state index in [4.69, 9.17) is 4.74 Å². The summed E-state index contributed by atoms with van der Waals surface area (Å²) in [5.41, 5.74) is 2.44.